The van der Waals surface area contributed by atoms with Crippen LogP contribution in [-0.2, 0) is 29.1 Å². The van der Waals surface area contributed by atoms with Gasteiger partial charge >= 0.3 is 6.03 Å². The molecule has 0 spiro atoms. The van der Waals surface area contributed by atoms with Gasteiger partial charge in [-0.25, -0.2) is 14.8 Å². The molecule has 0 saturated carbocycles. The molecule has 222 valence electrons. The summed E-state index contributed by atoms with van der Waals surface area (Å²) in [7, 11) is 0. The molecule has 2 fully saturated rings. The summed E-state index contributed by atoms with van der Waals surface area (Å²) >= 11 is 0. The van der Waals surface area contributed by atoms with Crippen molar-refractivity contribution in [1.82, 2.24) is 25.1 Å². The van der Waals surface area contributed by atoms with Gasteiger partial charge in [0.05, 0.1) is 13.1 Å². The van der Waals surface area contributed by atoms with E-state index in [0.29, 0.717) is 11.1 Å². The number of phenolic OH excluding ortho intramolecular Hbond substituents is 1. The minimum Gasteiger partial charge on any atom is -0.508 e. The molecule has 4 N–H and O–H groups in total. The van der Waals surface area contributed by atoms with Gasteiger partial charge in [0.2, 0.25) is 17.7 Å². The second kappa shape index (κ2) is 12.8. The van der Waals surface area contributed by atoms with Crippen molar-refractivity contribution in [2.24, 2.45) is 5.73 Å². The third-order valence-corrected chi connectivity index (χ3v) is 7.61. The maximum Gasteiger partial charge on any atom is 0.334 e. The number of nitrogens with two attached hydrogens (primary N) is 1. The van der Waals surface area contributed by atoms with Gasteiger partial charge in [0.1, 0.15) is 18.0 Å². The molecule has 2 unspecified atom stereocenters. The highest BCUT2D eigenvalue weighted by atomic mass is 16.3. The lowest BCUT2D eigenvalue weighted by molar-refractivity contribution is -0.189. The molecule has 11 nitrogen and oxygen atoms in total. The summed E-state index contributed by atoms with van der Waals surface area (Å²) in [6, 6.07) is 21.3. The van der Waals surface area contributed by atoms with Crippen LogP contribution < -0.4 is 11.1 Å². The average Bonchev–Trinajstić information content (AvgIpc) is 3.00. The van der Waals surface area contributed by atoms with Gasteiger partial charge in [-0.05, 0) is 41.0 Å². The van der Waals surface area contributed by atoms with Crippen LogP contribution in [0.2, 0.25) is 0 Å². The number of benzene rings is 3. The molecule has 43 heavy (non-hydrogen) atoms. The predicted molar refractivity (Wildman–Crippen MR) is 159 cm³/mol. The number of hydrazine groups is 1. The normalized spacial score (nSPS) is 18.7. The van der Waals surface area contributed by atoms with E-state index in [9.17, 15) is 24.3 Å². The predicted octanol–water partition coefficient (Wildman–Crippen LogP) is 2.23. The molecule has 0 aromatic heterocycles. The minimum atomic E-state index is -0.912. The van der Waals surface area contributed by atoms with Crippen LogP contribution in [0.1, 0.15) is 27.0 Å². The molecular formula is C32H34N6O5. The van der Waals surface area contributed by atoms with Gasteiger partial charge in [-0.1, -0.05) is 60.7 Å². The highest BCUT2D eigenvalue weighted by Gasteiger charge is 2.51. The highest BCUT2D eigenvalue weighted by Crippen LogP contribution is 2.29. The van der Waals surface area contributed by atoms with E-state index in [2.05, 4.69) is 11.9 Å². The van der Waals surface area contributed by atoms with Crippen LogP contribution in [0.4, 0.5) is 4.79 Å². The summed E-state index contributed by atoms with van der Waals surface area (Å²) in [5.41, 5.74) is 8.14. The van der Waals surface area contributed by atoms with Crippen molar-refractivity contribution < 1.29 is 24.3 Å². The summed E-state index contributed by atoms with van der Waals surface area (Å²) in [5, 5.41) is 15.9. The van der Waals surface area contributed by atoms with Crippen molar-refractivity contribution >= 4 is 23.8 Å². The standard InChI is InChI=1S/C32H34N6O5/c1-2-15-36-21-29(40)37-27(17-22-11-13-26(39)14-12-22)31(42)35(19-24-9-6-10-25(16-24)30(33)41)20-28(37)38(36)32(43)34-18-23-7-4-3-5-8-23/h2-14,16,27-28,39H,1,15,17-21H2,(H2,33,41)(H,34,43). The molecule has 2 atom stereocenters. The number of aromatic hydroxyl groups is 1. The number of fused-ring (bicyclic) bond motifs is 1. The summed E-state index contributed by atoms with van der Waals surface area (Å²) in [6.45, 7) is 4.40. The highest BCUT2D eigenvalue weighted by molar-refractivity contribution is 5.93. The number of nitrogens with one attached hydrogen (secondary N) is 1. The Balaban J connectivity index is 1.50. The van der Waals surface area contributed by atoms with Crippen LogP contribution in [-0.4, -0.2) is 80.5 Å². The van der Waals surface area contributed by atoms with E-state index in [-0.39, 0.29) is 56.7 Å². The molecule has 2 aliphatic heterocycles. The number of nitrogens with zero attached hydrogens (tertiary/aromatic N) is 4. The maximum absolute atomic E-state index is 14.1. The number of carbonyl (C=O) groups is 4. The number of phenols is 1. The second-order valence-corrected chi connectivity index (χ2v) is 10.6. The quantitative estimate of drug-likeness (QED) is 0.331. The molecule has 5 amide bonds. The lowest BCUT2D eigenvalue weighted by Crippen LogP contribution is -2.76. The minimum absolute atomic E-state index is 0.0455. The molecule has 2 aliphatic rings. The monoisotopic (exact) mass is 582 g/mol. The van der Waals surface area contributed by atoms with Crippen molar-refractivity contribution in [2.45, 2.75) is 31.7 Å². The number of hydrogen-bond acceptors (Lipinski definition) is 6. The molecular weight excluding hydrogens is 548 g/mol. The number of hydrogen-bond donors (Lipinski definition) is 3. The van der Waals surface area contributed by atoms with Crippen molar-refractivity contribution in [3.8, 4) is 5.75 Å². The first-order chi connectivity index (χ1) is 20.7. The Morgan fingerprint density at radius 2 is 1.70 bits per heavy atom. The van der Waals surface area contributed by atoms with Crippen LogP contribution in [0.15, 0.2) is 91.5 Å². The zero-order chi connectivity index (χ0) is 30.5. The van der Waals surface area contributed by atoms with Crippen molar-refractivity contribution in [3.63, 3.8) is 0 Å². The first kappa shape index (κ1) is 29.3. The zero-order valence-electron chi connectivity index (χ0n) is 23.6. The van der Waals surface area contributed by atoms with Gasteiger partial charge in [0, 0.05) is 31.6 Å². The maximum atomic E-state index is 14.1. The molecule has 0 radical (unpaired) electrons. The zero-order valence-corrected chi connectivity index (χ0v) is 23.6. The molecule has 3 aromatic carbocycles. The average molecular weight is 583 g/mol. The van der Waals surface area contributed by atoms with Crippen molar-refractivity contribution in [1.29, 1.82) is 0 Å². The number of piperazine rings is 1. The Kier molecular flexibility index (Phi) is 8.72. The van der Waals surface area contributed by atoms with Crippen LogP contribution >= 0.6 is 0 Å². The Labute approximate surface area is 249 Å². The topological polar surface area (TPSA) is 140 Å². The number of rotatable bonds is 9. The smallest absolute Gasteiger partial charge is 0.334 e. The van der Waals surface area contributed by atoms with E-state index in [1.807, 2.05) is 30.3 Å². The Hall–Kier alpha value is -5.16. The van der Waals surface area contributed by atoms with Crippen molar-refractivity contribution in [2.75, 3.05) is 19.6 Å². The van der Waals surface area contributed by atoms with E-state index in [4.69, 9.17) is 5.73 Å². The number of urea groups is 1. The fourth-order valence-corrected chi connectivity index (χ4v) is 5.60. The molecule has 11 heteroatoms. The Morgan fingerprint density at radius 3 is 2.40 bits per heavy atom. The molecule has 0 aliphatic carbocycles. The Bertz CT molecular complexity index is 1510. The van der Waals surface area contributed by atoms with E-state index >= 15 is 0 Å². The number of amides is 5. The summed E-state index contributed by atoms with van der Waals surface area (Å²) in [4.78, 5) is 56.5. The van der Waals surface area contributed by atoms with Crippen molar-refractivity contribution in [3.05, 3.63) is 114 Å². The summed E-state index contributed by atoms with van der Waals surface area (Å²) in [6.07, 6.45) is 0.992. The van der Waals surface area contributed by atoms with Gasteiger partial charge < -0.3 is 26.0 Å². The SMILES string of the molecule is C=CCN1CC(=O)N2C(Cc3ccc(O)cc3)C(=O)N(Cc3cccc(C(N)=O)c3)CC2N1C(=O)NCc1ccccc1. The Morgan fingerprint density at radius 1 is 0.977 bits per heavy atom. The van der Waals surface area contributed by atoms with E-state index < -0.39 is 24.1 Å². The molecule has 5 rings (SSSR count). The van der Waals surface area contributed by atoms with E-state index in [0.717, 1.165) is 11.1 Å². The van der Waals surface area contributed by atoms with Gasteiger partial charge in [-0.15, -0.1) is 6.58 Å². The molecule has 2 heterocycles. The van der Waals surface area contributed by atoms with Gasteiger partial charge in [-0.3, -0.25) is 14.4 Å². The fourth-order valence-electron chi connectivity index (χ4n) is 5.60. The van der Waals surface area contributed by atoms with Crippen LogP contribution in [0.3, 0.4) is 0 Å². The van der Waals surface area contributed by atoms with Crippen LogP contribution in [0.5, 0.6) is 5.75 Å². The molecule has 2 saturated heterocycles. The third kappa shape index (κ3) is 6.52. The fraction of sp³-hybridized carbons (Fsp3) is 0.250. The third-order valence-electron chi connectivity index (χ3n) is 7.61. The molecule has 0 bridgehead atoms. The molecule has 3 aromatic rings. The summed E-state index contributed by atoms with van der Waals surface area (Å²) < 4.78 is 0. The lowest BCUT2D eigenvalue weighted by Gasteiger charge is -2.55. The van der Waals surface area contributed by atoms with E-state index in [1.54, 1.807) is 52.4 Å². The van der Waals surface area contributed by atoms with Crippen LogP contribution in [0.25, 0.3) is 0 Å². The first-order valence-corrected chi connectivity index (χ1v) is 14.0. The first-order valence-electron chi connectivity index (χ1n) is 14.0. The van der Waals surface area contributed by atoms with Gasteiger partial charge in [0.25, 0.3) is 0 Å². The largest absolute Gasteiger partial charge is 0.508 e. The lowest BCUT2D eigenvalue weighted by atomic mass is 9.98. The number of carbonyl (C=O) groups excluding carboxylic acids is 4. The second-order valence-electron chi connectivity index (χ2n) is 10.6. The van der Waals surface area contributed by atoms with Gasteiger partial charge in [0.15, 0.2) is 0 Å². The van der Waals surface area contributed by atoms with E-state index in [1.165, 1.54) is 22.0 Å². The summed E-state index contributed by atoms with van der Waals surface area (Å²) in [5.74, 6) is -1.07. The number of primary amides is 1. The van der Waals surface area contributed by atoms with Crippen LogP contribution in [0, 0.1) is 0 Å². The van der Waals surface area contributed by atoms with Gasteiger partial charge in [-0.2, -0.15) is 0 Å².